The Bertz CT molecular complexity index is 664. The van der Waals surface area contributed by atoms with Gasteiger partial charge in [0.05, 0.1) is 4.92 Å². The van der Waals surface area contributed by atoms with Crippen LogP contribution in [0.4, 0.5) is 18.9 Å². The summed E-state index contributed by atoms with van der Waals surface area (Å²) in [5.41, 5.74) is -3.08. The standard InChI is InChI=1S/C11H12F3N2O6P/c12-11(13,14)7-3-1-4-8(10(7)16(18)19)23(20,21)6-2-5-9(17)22-15/h1,3-4H,2,5-6,15H2,(H,20,21). The molecule has 0 spiro atoms. The van der Waals surface area contributed by atoms with Gasteiger partial charge in [-0.3, -0.25) is 19.5 Å². The molecule has 128 valence electrons. The van der Waals surface area contributed by atoms with E-state index >= 15 is 0 Å². The number of alkyl halides is 3. The zero-order valence-corrected chi connectivity index (χ0v) is 12.3. The van der Waals surface area contributed by atoms with Gasteiger partial charge in [-0.25, -0.2) is 0 Å². The van der Waals surface area contributed by atoms with Gasteiger partial charge in [-0.2, -0.15) is 19.1 Å². The molecule has 23 heavy (non-hydrogen) atoms. The largest absolute Gasteiger partial charge is 0.423 e. The van der Waals surface area contributed by atoms with Crippen LogP contribution in [0.1, 0.15) is 18.4 Å². The van der Waals surface area contributed by atoms with Crippen LogP contribution in [0, 0.1) is 10.1 Å². The molecule has 1 rings (SSSR count). The molecule has 1 unspecified atom stereocenters. The van der Waals surface area contributed by atoms with E-state index in [1.54, 1.807) is 0 Å². The number of nitro groups is 1. The van der Waals surface area contributed by atoms with E-state index in [-0.39, 0.29) is 12.8 Å². The number of halogens is 3. The summed E-state index contributed by atoms with van der Waals surface area (Å²) in [6.07, 6.45) is -6.28. The number of hydrogen-bond donors (Lipinski definition) is 2. The van der Waals surface area contributed by atoms with Crippen molar-refractivity contribution in [1.82, 2.24) is 0 Å². The fourth-order valence-electron chi connectivity index (χ4n) is 1.85. The van der Waals surface area contributed by atoms with Crippen molar-refractivity contribution < 1.29 is 37.2 Å². The van der Waals surface area contributed by atoms with Crippen molar-refractivity contribution in [3.8, 4) is 0 Å². The highest BCUT2D eigenvalue weighted by Crippen LogP contribution is 2.46. The van der Waals surface area contributed by atoms with E-state index in [9.17, 15) is 37.5 Å². The summed E-state index contributed by atoms with van der Waals surface area (Å²) in [5.74, 6) is 3.68. The summed E-state index contributed by atoms with van der Waals surface area (Å²) in [5, 5.41) is 10.0. The summed E-state index contributed by atoms with van der Waals surface area (Å²) in [6, 6.07) is 2.05. The SMILES string of the molecule is NOC(=O)CCCP(=O)(O)c1cccc(C(F)(F)F)c1[N+](=O)[O-]. The summed E-state index contributed by atoms with van der Waals surface area (Å²) in [6.45, 7) is 0. The topological polar surface area (TPSA) is 133 Å². The molecule has 0 amide bonds. The fraction of sp³-hybridized carbons (Fsp3) is 0.364. The minimum Gasteiger partial charge on any atom is -0.373 e. The lowest BCUT2D eigenvalue weighted by Crippen LogP contribution is -2.19. The zero-order valence-electron chi connectivity index (χ0n) is 11.4. The van der Waals surface area contributed by atoms with Crippen molar-refractivity contribution in [1.29, 1.82) is 0 Å². The predicted molar refractivity (Wildman–Crippen MR) is 71.9 cm³/mol. The molecule has 0 aromatic heterocycles. The number of nitrogens with zero attached hydrogens (tertiary/aromatic N) is 1. The molecule has 1 aromatic carbocycles. The van der Waals surface area contributed by atoms with E-state index < -0.39 is 47.2 Å². The summed E-state index contributed by atoms with van der Waals surface area (Å²) < 4.78 is 50.7. The van der Waals surface area contributed by atoms with Gasteiger partial charge < -0.3 is 9.73 Å². The first-order chi connectivity index (χ1) is 10.5. The monoisotopic (exact) mass is 356 g/mol. The Kier molecular flexibility index (Phi) is 5.86. The Labute approximate surface area is 127 Å². The first-order valence-electron chi connectivity index (χ1n) is 6.07. The van der Waals surface area contributed by atoms with Crippen LogP contribution in [-0.2, 0) is 20.4 Å². The lowest BCUT2D eigenvalue weighted by molar-refractivity contribution is -0.386. The maximum Gasteiger partial charge on any atom is 0.423 e. The third-order valence-electron chi connectivity index (χ3n) is 2.85. The molecule has 0 fully saturated rings. The molecule has 0 saturated carbocycles. The molecule has 0 heterocycles. The smallest absolute Gasteiger partial charge is 0.373 e. The number of benzene rings is 1. The minimum absolute atomic E-state index is 0.239. The Balaban J connectivity index is 3.23. The second-order valence-electron chi connectivity index (χ2n) is 4.45. The molecule has 0 aliphatic rings. The lowest BCUT2D eigenvalue weighted by Gasteiger charge is -2.15. The average Bonchev–Trinajstić information content (AvgIpc) is 2.45. The summed E-state index contributed by atoms with van der Waals surface area (Å²) in [4.78, 5) is 34.1. The van der Waals surface area contributed by atoms with E-state index in [4.69, 9.17) is 0 Å². The predicted octanol–water partition coefficient (Wildman–Crippen LogP) is 1.71. The normalized spacial score (nSPS) is 14.1. The maximum absolute atomic E-state index is 12.8. The number of carbonyl (C=O) groups excluding carboxylic acids is 1. The first kappa shape index (κ1) is 19.1. The van der Waals surface area contributed by atoms with E-state index in [2.05, 4.69) is 10.7 Å². The highest BCUT2D eigenvalue weighted by atomic mass is 31.2. The van der Waals surface area contributed by atoms with Gasteiger partial charge in [0.15, 0.2) is 0 Å². The van der Waals surface area contributed by atoms with Gasteiger partial charge in [0.1, 0.15) is 10.9 Å². The van der Waals surface area contributed by atoms with E-state index in [1.165, 1.54) is 0 Å². The van der Waals surface area contributed by atoms with Gasteiger partial charge in [0, 0.05) is 12.6 Å². The number of hydrogen-bond acceptors (Lipinski definition) is 6. The van der Waals surface area contributed by atoms with Gasteiger partial charge in [-0.1, -0.05) is 6.07 Å². The highest BCUT2D eigenvalue weighted by Gasteiger charge is 2.42. The van der Waals surface area contributed by atoms with E-state index in [0.29, 0.717) is 6.07 Å². The van der Waals surface area contributed by atoms with Crippen LogP contribution in [0.2, 0.25) is 0 Å². The van der Waals surface area contributed by atoms with Crippen molar-refractivity contribution in [3.63, 3.8) is 0 Å². The minimum atomic E-state index is -5.05. The average molecular weight is 356 g/mol. The van der Waals surface area contributed by atoms with Crippen LogP contribution in [0.15, 0.2) is 18.2 Å². The molecular formula is C11H12F3N2O6P. The Morgan fingerprint density at radius 3 is 2.52 bits per heavy atom. The van der Waals surface area contributed by atoms with Gasteiger partial charge in [0.2, 0.25) is 7.37 Å². The number of para-hydroxylation sites is 1. The molecule has 0 bridgehead atoms. The highest BCUT2D eigenvalue weighted by molar-refractivity contribution is 7.66. The van der Waals surface area contributed by atoms with E-state index in [0.717, 1.165) is 12.1 Å². The molecule has 3 N–H and O–H groups in total. The third-order valence-corrected chi connectivity index (χ3v) is 4.89. The van der Waals surface area contributed by atoms with Gasteiger partial charge in [0.25, 0.3) is 5.69 Å². The van der Waals surface area contributed by atoms with E-state index in [1.807, 2.05) is 0 Å². The molecule has 0 saturated heterocycles. The van der Waals surface area contributed by atoms with Crippen LogP contribution >= 0.6 is 7.37 Å². The molecule has 0 radical (unpaired) electrons. The number of carbonyl (C=O) groups is 1. The quantitative estimate of drug-likeness (QED) is 0.450. The molecule has 0 aliphatic heterocycles. The Morgan fingerprint density at radius 2 is 2.04 bits per heavy atom. The first-order valence-corrected chi connectivity index (χ1v) is 7.91. The maximum atomic E-state index is 12.8. The Morgan fingerprint density at radius 1 is 1.43 bits per heavy atom. The van der Waals surface area contributed by atoms with Crippen LogP contribution in [0.25, 0.3) is 0 Å². The summed E-state index contributed by atoms with van der Waals surface area (Å²) >= 11 is 0. The van der Waals surface area contributed by atoms with Gasteiger partial charge in [-0.15, -0.1) is 0 Å². The molecule has 0 aliphatic carbocycles. The van der Waals surface area contributed by atoms with Crippen molar-refractivity contribution in [3.05, 3.63) is 33.9 Å². The van der Waals surface area contributed by atoms with Gasteiger partial charge >= 0.3 is 12.1 Å². The lowest BCUT2D eigenvalue weighted by atomic mass is 10.2. The molecule has 8 nitrogen and oxygen atoms in total. The summed E-state index contributed by atoms with van der Waals surface area (Å²) in [7, 11) is -4.49. The zero-order chi connectivity index (χ0) is 17.8. The van der Waals surface area contributed by atoms with Crippen molar-refractivity contribution in [2.75, 3.05) is 6.16 Å². The number of nitrogens with two attached hydrogens (primary N) is 1. The van der Waals surface area contributed by atoms with Gasteiger partial charge in [-0.05, 0) is 18.6 Å². The molecule has 1 aromatic rings. The fourth-order valence-corrected chi connectivity index (χ4v) is 3.53. The second kappa shape index (κ2) is 7.07. The van der Waals surface area contributed by atoms with Crippen LogP contribution in [-0.4, -0.2) is 21.9 Å². The van der Waals surface area contributed by atoms with Crippen molar-refractivity contribution in [2.24, 2.45) is 5.90 Å². The molecular weight excluding hydrogens is 344 g/mol. The third kappa shape index (κ3) is 4.75. The van der Waals surface area contributed by atoms with Crippen LogP contribution in [0.3, 0.4) is 0 Å². The second-order valence-corrected chi connectivity index (χ2v) is 6.78. The number of nitro benzene ring substituents is 1. The van der Waals surface area contributed by atoms with Crippen molar-refractivity contribution >= 4 is 24.3 Å². The van der Waals surface area contributed by atoms with Crippen molar-refractivity contribution in [2.45, 2.75) is 19.0 Å². The molecule has 12 heteroatoms. The number of rotatable bonds is 6. The van der Waals surface area contributed by atoms with Crippen LogP contribution in [0.5, 0.6) is 0 Å². The molecule has 1 atom stereocenters. The van der Waals surface area contributed by atoms with Crippen LogP contribution < -0.4 is 11.2 Å². The Hall–Kier alpha value is -1.97.